The van der Waals surface area contributed by atoms with E-state index in [0.717, 1.165) is 6.07 Å². The van der Waals surface area contributed by atoms with E-state index >= 15 is 0 Å². The lowest BCUT2D eigenvalue weighted by atomic mass is 10.2. The number of hydrogen-bond donors (Lipinski definition) is 1. The summed E-state index contributed by atoms with van der Waals surface area (Å²) in [6.07, 6.45) is -5.52. The number of amides is 1. The molecule has 19 heavy (non-hydrogen) atoms. The number of carboxylic acid groups (broad SMARTS) is 1. The Bertz CT molecular complexity index is 581. The first-order valence-electron chi connectivity index (χ1n) is 5.10. The second-order valence-electron chi connectivity index (χ2n) is 3.78. The van der Waals surface area contributed by atoms with Gasteiger partial charge in [0.1, 0.15) is 0 Å². The molecule has 8 heteroatoms. The minimum atomic E-state index is -4.67. The molecule has 0 fully saturated rings. The number of nitrogens with zero attached hydrogens (tertiary/aromatic N) is 2. The SMILES string of the molecule is O=C(O)c1cccc(N2N=C(C(F)(F)F)CC2=O)c1. The van der Waals surface area contributed by atoms with Crippen molar-refractivity contribution in [2.45, 2.75) is 12.6 Å². The van der Waals surface area contributed by atoms with Crippen LogP contribution < -0.4 is 5.01 Å². The third-order valence-electron chi connectivity index (χ3n) is 2.44. The number of aromatic carboxylic acids is 1. The Hall–Kier alpha value is -2.38. The monoisotopic (exact) mass is 272 g/mol. The maximum absolute atomic E-state index is 12.4. The minimum absolute atomic E-state index is 0.0100. The zero-order valence-corrected chi connectivity index (χ0v) is 9.31. The van der Waals surface area contributed by atoms with Crippen LogP contribution in [0.1, 0.15) is 16.8 Å². The molecule has 0 atom stereocenters. The Kier molecular flexibility index (Phi) is 3.01. The number of benzene rings is 1. The van der Waals surface area contributed by atoms with Gasteiger partial charge in [-0.3, -0.25) is 4.79 Å². The Labute approximate surface area is 104 Å². The van der Waals surface area contributed by atoms with Crippen LogP contribution in [0.2, 0.25) is 0 Å². The fraction of sp³-hybridized carbons (Fsp3) is 0.182. The summed E-state index contributed by atoms with van der Waals surface area (Å²) in [5.41, 5.74) is -1.34. The number of hydrazone groups is 1. The van der Waals surface area contributed by atoms with Gasteiger partial charge in [0.25, 0.3) is 5.91 Å². The van der Waals surface area contributed by atoms with E-state index in [4.69, 9.17) is 5.11 Å². The van der Waals surface area contributed by atoms with Gasteiger partial charge in [-0.15, -0.1) is 0 Å². The van der Waals surface area contributed by atoms with Crippen LogP contribution in [0.5, 0.6) is 0 Å². The zero-order valence-electron chi connectivity index (χ0n) is 9.31. The molecule has 0 spiro atoms. The summed E-state index contributed by atoms with van der Waals surface area (Å²) < 4.78 is 37.3. The maximum Gasteiger partial charge on any atom is 0.431 e. The van der Waals surface area contributed by atoms with Gasteiger partial charge in [0.15, 0.2) is 5.71 Å². The summed E-state index contributed by atoms with van der Waals surface area (Å²) in [6, 6.07) is 4.99. The van der Waals surface area contributed by atoms with Crippen molar-refractivity contribution in [1.29, 1.82) is 0 Å². The molecule has 1 heterocycles. The van der Waals surface area contributed by atoms with Crippen molar-refractivity contribution in [2.24, 2.45) is 5.10 Å². The van der Waals surface area contributed by atoms with E-state index in [1.165, 1.54) is 18.2 Å². The number of rotatable bonds is 2. The number of hydrogen-bond acceptors (Lipinski definition) is 3. The second-order valence-corrected chi connectivity index (χ2v) is 3.78. The normalized spacial score (nSPS) is 15.6. The molecule has 5 nitrogen and oxygen atoms in total. The van der Waals surface area contributed by atoms with Gasteiger partial charge in [-0.05, 0) is 18.2 Å². The molecule has 100 valence electrons. The Balaban J connectivity index is 2.37. The van der Waals surface area contributed by atoms with Crippen LogP contribution in [0.25, 0.3) is 0 Å². The van der Waals surface area contributed by atoms with Crippen LogP contribution in [-0.2, 0) is 4.79 Å². The molecular weight excluding hydrogens is 265 g/mol. The van der Waals surface area contributed by atoms with Gasteiger partial charge in [-0.1, -0.05) is 6.07 Å². The maximum atomic E-state index is 12.4. The fourth-order valence-electron chi connectivity index (χ4n) is 1.56. The van der Waals surface area contributed by atoms with E-state index in [2.05, 4.69) is 5.10 Å². The van der Waals surface area contributed by atoms with Crippen molar-refractivity contribution < 1.29 is 27.9 Å². The third-order valence-corrected chi connectivity index (χ3v) is 2.44. The van der Waals surface area contributed by atoms with Crippen LogP contribution in [0.15, 0.2) is 29.4 Å². The summed E-state index contributed by atoms with van der Waals surface area (Å²) in [5, 5.41) is 12.5. The van der Waals surface area contributed by atoms with Gasteiger partial charge < -0.3 is 5.11 Å². The second kappa shape index (κ2) is 4.38. The number of anilines is 1. The summed E-state index contributed by atoms with van der Waals surface area (Å²) in [4.78, 5) is 22.2. The van der Waals surface area contributed by atoms with E-state index in [1.54, 1.807) is 0 Å². The van der Waals surface area contributed by atoms with Gasteiger partial charge in [0, 0.05) is 0 Å². The molecule has 1 amide bonds. The molecular formula is C11H7F3N2O3. The van der Waals surface area contributed by atoms with Gasteiger partial charge in [-0.2, -0.15) is 18.3 Å². The lowest BCUT2D eigenvalue weighted by Crippen LogP contribution is -2.22. The molecule has 0 saturated heterocycles. The minimum Gasteiger partial charge on any atom is -0.478 e. The average molecular weight is 272 g/mol. The number of alkyl halides is 3. The molecule has 0 aromatic heterocycles. The average Bonchev–Trinajstić information content (AvgIpc) is 2.71. The number of halogens is 3. The van der Waals surface area contributed by atoms with Crippen molar-refractivity contribution >= 4 is 23.3 Å². The van der Waals surface area contributed by atoms with E-state index < -0.39 is 30.2 Å². The van der Waals surface area contributed by atoms with Crippen molar-refractivity contribution in [1.82, 2.24) is 0 Å². The summed E-state index contributed by atoms with van der Waals surface area (Å²) in [7, 11) is 0. The topological polar surface area (TPSA) is 70.0 Å². The smallest absolute Gasteiger partial charge is 0.431 e. The highest BCUT2D eigenvalue weighted by Gasteiger charge is 2.42. The Morgan fingerprint density at radius 2 is 2.05 bits per heavy atom. The molecule has 1 aromatic carbocycles. The van der Waals surface area contributed by atoms with Crippen LogP contribution in [0.3, 0.4) is 0 Å². The van der Waals surface area contributed by atoms with Crippen molar-refractivity contribution in [3.8, 4) is 0 Å². The fourth-order valence-corrected chi connectivity index (χ4v) is 1.56. The van der Waals surface area contributed by atoms with Crippen LogP contribution >= 0.6 is 0 Å². The summed E-state index contributed by atoms with van der Waals surface area (Å²) >= 11 is 0. The Morgan fingerprint density at radius 1 is 1.37 bits per heavy atom. The molecule has 1 N–H and O–H groups in total. The highest BCUT2D eigenvalue weighted by atomic mass is 19.4. The zero-order chi connectivity index (χ0) is 14.2. The van der Waals surface area contributed by atoms with Gasteiger partial charge in [0.05, 0.1) is 17.7 Å². The first-order chi connectivity index (χ1) is 8.79. The molecule has 1 aliphatic rings. The van der Waals surface area contributed by atoms with Crippen LogP contribution in [-0.4, -0.2) is 28.9 Å². The molecule has 0 bridgehead atoms. The third kappa shape index (κ3) is 2.56. The first-order valence-corrected chi connectivity index (χ1v) is 5.10. The summed E-state index contributed by atoms with van der Waals surface area (Å²) in [6.45, 7) is 0. The van der Waals surface area contributed by atoms with Crippen LogP contribution in [0.4, 0.5) is 18.9 Å². The molecule has 0 radical (unpaired) electrons. The largest absolute Gasteiger partial charge is 0.478 e. The molecule has 0 aliphatic carbocycles. The molecule has 0 saturated carbocycles. The quantitative estimate of drug-likeness (QED) is 0.895. The Morgan fingerprint density at radius 3 is 2.58 bits per heavy atom. The van der Waals surface area contributed by atoms with Crippen molar-refractivity contribution in [3.63, 3.8) is 0 Å². The molecule has 2 rings (SSSR count). The first kappa shape index (κ1) is 13.1. The van der Waals surface area contributed by atoms with Gasteiger partial charge in [0.2, 0.25) is 0 Å². The van der Waals surface area contributed by atoms with E-state index in [1.807, 2.05) is 0 Å². The lowest BCUT2D eigenvalue weighted by Gasteiger charge is -2.11. The number of carbonyl (C=O) groups excluding carboxylic acids is 1. The van der Waals surface area contributed by atoms with Gasteiger partial charge in [-0.25, -0.2) is 9.80 Å². The predicted molar refractivity (Wildman–Crippen MR) is 59.0 cm³/mol. The summed E-state index contributed by atoms with van der Waals surface area (Å²) in [5.74, 6) is -2.09. The van der Waals surface area contributed by atoms with Crippen molar-refractivity contribution in [3.05, 3.63) is 29.8 Å². The number of carbonyl (C=O) groups is 2. The predicted octanol–water partition coefficient (Wildman–Crippen LogP) is 2.04. The molecule has 1 aliphatic heterocycles. The molecule has 1 aromatic rings. The van der Waals surface area contributed by atoms with Crippen molar-refractivity contribution in [2.75, 3.05) is 5.01 Å². The van der Waals surface area contributed by atoms with E-state index in [0.29, 0.717) is 5.01 Å². The van der Waals surface area contributed by atoms with Crippen LogP contribution in [0, 0.1) is 0 Å². The lowest BCUT2D eigenvalue weighted by molar-refractivity contribution is -0.117. The van der Waals surface area contributed by atoms with E-state index in [9.17, 15) is 22.8 Å². The standard InChI is InChI=1S/C11H7F3N2O3/c12-11(13,14)8-5-9(17)16(15-8)7-3-1-2-6(4-7)10(18)19/h1-4H,5H2,(H,18,19). The molecule has 0 unspecified atom stereocenters. The highest BCUT2D eigenvalue weighted by molar-refractivity contribution is 6.15. The highest BCUT2D eigenvalue weighted by Crippen LogP contribution is 2.28. The number of carboxylic acids is 1. The van der Waals surface area contributed by atoms with E-state index in [-0.39, 0.29) is 11.3 Å². The van der Waals surface area contributed by atoms with Gasteiger partial charge >= 0.3 is 12.1 Å².